The number of hydrogen-bond acceptors (Lipinski definition) is 2. The molecule has 1 fully saturated rings. The van der Waals surface area contributed by atoms with Crippen LogP contribution in [0.1, 0.15) is 30.4 Å². The Morgan fingerprint density at radius 3 is 2.93 bits per heavy atom. The van der Waals surface area contributed by atoms with Gasteiger partial charge in [0.1, 0.15) is 5.75 Å². The van der Waals surface area contributed by atoms with Crippen LogP contribution in [0.3, 0.4) is 0 Å². The molecule has 0 spiro atoms. The molecular weight excluding hydrogens is 186 g/mol. The molecule has 0 aliphatic heterocycles. The molecule has 1 aliphatic rings. The highest BCUT2D eigenvalue weighted by Crippen LogP contribution is 2.31. The van der Waals surface area contributed by atoms with Crippen LogP contribution in [0, 0.1) is 12.8 Å². The molecule has 1 aliphatic carbocycles. The lowest BCUT2D eigenvalue weighted by Crippen LogP contribution is -2.15. The Morgan fingerprint density at radius 2 is 2.20 bits per heavy atom. The molecule has 0 heterocycles. The van der Waals surface area contributed by atoms with E-state index in [1.165, 1.54) is 24.8 Å². The number of nitrogens with one attached hydrogen (secondary N) is 1. The molecule has 2 heteroatoms. The lowest BCUT2D eigenvalue weighted by atomic mass is 10.1. The Morgan fingerprint density at radius 1 is 1.40 bits per heavy atom. The molecule has 2 rings (SSSR count). The quantitative estimate of drug-likeness (QED) is 0.724. The maximum atomic E-state index is 9.62. The fourth-order valence-electron chi connectivity index (χ4n) is 1.79. The van der Waals surface area contributed by atoms with Crippen LogP contribution in [0.2, 0.25) is 0 Å². The number of aryl methyl sites for hydroxylation is 1. The van der Waals surface area contributed by atoms with Crippen LogP contribution in [-0.2, 0) is 6.54 Å². The summed E-state index contributed by atoms with van der Waals surface area (Å²) in [5, 5.41) is 13.0. The minimum atomic E-state index is 0.402. The average Bonchev–Trinajstić information content (AvgIpc) is 3.01. The highest BCUT2D eigenvalue weighted by molar-refractivity contribution is 5.35. The molecule has 0 bridgehead atoms. The van der Waals surface area contributed by atoms with Crippen LogP contribution in [0.25, 0.3) is 0 Å². The van der Waals surface area contributed by atoms with Gasteiger partial charge >= 0.3 is 0 Å². The summed E-state index contributed by atoms with van der Waals surface area (Å²) in [5.41, 5.74) is 2.21. The number of rotatable bonds is 5. The van der Waals surface area contributed by atoms with Crippen molar-refractivity contribution < 1.29 is 5.11 Å². The monoisotopic (exact) mass is 205 g/mol. The van der Waals surface area contributed by atoms with Gasteiger partial charge in [-0.25, -0.2) is 0 Å². The van der Waals surface area contributed by atoms with Crippen LogP contribution in [-0.4, -0.2) is 11.7 Å². The summed E-state index contributed by atoms with van der Waals surface area (Å²) in [7, 11) is 0. The molecule has 0 saturated heterocycles. The van der Waals surface area contributed by atoms with Gasteiger partial charge in [-0.15, -0.1) is 0 Å². The average molecular weight is 205 g/mol. The first-order valence-corrected chi connectivity index (χ1v) is 5.75. The minimum absolute atomic E-state index is 0.402. The molecule has 82 valence electrons. The van der Waals surface area contributed by atoms with Gasteiger partial charge in [-0.3, -0.25) is 0 Å². The van der Waals surface area contributed by atoms with Crippen molar-refractivity contribution in [3.8, 4) is 5.75 Å². The van der Waals surface area contributed by atoms with Gasteiger partial charge in [-0.2, -0.15) is 0 Å². The third-order valence-corrected chi connectivity index (χ3v) is 2.98. The van der Waals surface area contributed by atoms with Gasteiger partial charge < -0.3 is 10.4 Å². The Labute approximate surface area is 91.3 Å². The number of benzene rings is 1. The third kappa shape index (κ3) is 3.24. The van der Waals surface area contributed by atoms with Gasteiger partial charge in [0, 0.05) is 12.1 Å². The second-order valence-corrected chi connectivity index (χ2v) is 4.54. The lowest BCUT2D eigenvalue weighted by Gasteiger charge is -2.07. The SMILES string of the molecule is Cc1ccc(O)c(CNCCC2CC2)c1. The summed E-state index contributed by atoms with van der Waals surface area (Å²) in [6.07, 6.45) is 4.11. The van der Waals surface area contributed by atoms with Crippen LogP contribution < -0.4 is 5.32 Å². The lowest BCUT2D eigenvalue weighted by molar-refractivity contribution is 0.463. The predicted octanol–water partition coefficient (Wildman–Crippen LogP) is 2.59. The largest absolute Gasteiger partial charge is 0.508 e. The van der Waals surface area contributed by atoms with Crippen molar-refractivity contribution in [3.05, 3.63) is 29.3 Å². The molecule has 0 aromatic heterocycles. The summed E-state index contributed by atoms with van der Waals surface area (Å²) < 4.78 is 0. The van der Waals surface area contributed by atoms with Crippen molar-refractivity contribution in [3.63, 3.8) is 0 Å². The second-order valence-electron chi connectivity index (χ2n) is 4.54. The fourth-order valence-corrected chi connectivity index (χ4v) is 1.79. The standard InChI is InChI=1S/C13H19NO/c1-10-2-5-13(15)12(8-10)9-14-7-6-11-3-4-11/h2,5,8,11,14-15H,3-4,6-7,9H2,1H3. The van der Waals surface area contributed by atoms with Crippen molar-refractivity contribution in [2.75, 3.05) is 6.54 Å². The molecule has 2 N–H and O–H groups in total. The third-order valence-electron chi connectivity index (χ3n) is 2.98. The zero-order valence-corrected chi connectivity index (χ0v) is 9.29. The van der Waals surface area contributed by atoms with Crippen LogP contribution in [0.15, 0.2) is 18.2 Å². The van der Waals surface area contributed by atoms with Gasteiger partial charge in [-0.05, 0) is 31.9 Å². The number of phenols is 1. The predicted molar refractivity (Wildman–Crippen MR) is 61.9 cm³/mol. The summed E-state index contributed by atoms with van der Waals surface area (Å²) in [4.78, 5) is 0. The van der Waals surface area contributed by atoms with E-state index in [0.29, 0.717) is 5.75 Å². The van der Waals surface area contributed by atoms with E-state index in [0.717, 1.165) is 24.6 Å². The number of phenolic OH excluding ortho intramolecular Hbond substituents is 1. The van der Waals surface area contributed by atoms with E-state index in [2.05, 4.69) is 5.32 Å². The van der Waals surface area contributed by atoms with Crippen LogP contribution >= 0.6 is 0 Å². The molecule has 1 saturated carbocycles. The van der Waals surface area contributed by atoms with E-state index in [4.69, 9.17) is 0 Å². The fraction of sp³-hybridized carbons (Fsp3) is 0.538. The van der Waals surface area contributed by atoms with Crippen LogP contribution in [0.5, 0.6) is 5.75 Å². The second kappa shape index (κ2) is 4.67. The molecule has 0 amide bonds. The first-order chi connectivity index (χ1) is 7.25. The van der Waals surface area contributed by atoms with E-state index in [9.17, 15) is 5.11 Å². The molecule has 1 aromatic carbocycles. The van der Waals surface area contributed by atoms with Crippen molar-refractivity contribution >= 4 is 0 Å². The summed E-state index contributed by atoms with van der Waals surface area (Å²) >= 11 is 0. The van der Waals surface area contributed by atoms with E-state index >= 15 is 0 Å². The van der Waals surface area contributed by atoms with Gasteiger partial charge in [0.15, 0.2) is 0 Å². The van der Waals surface area contributed by atoms with Gasteiger partial charge in [0.25, 0.3) is 0 Å². The molecule has 1 aromatic rings. The van der Waals surface area contributed by atoms with Crippen LogP contribution in [0.4, 0.5) is 0 Å². The van der Waals surface area contributed by atoms with Gasteiger partial charge in [0.05, 0.1) is 0 Å². The Hall–Kier alpha value is -1.02. The van der Waals surface area contributed by atoms with E-state index in [1.54, 1.807) is 6.07 Å². The molecule has 0 radical (unpaired) electrons. The maximum Gasteiger partial charge on any atom is 0.120 e. The van der Waals surface area contributed by atoms with Gasteiger partial charge in [-0.1, -0.05) is 30.5 Å². The smallest absolute Gasteiger partial charge is 0.120 e. The summed E-state index contributed by atoms with van der Waals surface area (Å²) in [6.45, 7) is 3.89. The Bertz CT molecular complexity index is 331. The highest BCUT2D eigenvalue weighted by Gasteiger charge is 2.19. The maximum absolute atomic E-state index is 9.62. The topological polar surface area (TPSA) is 32.3 Å². The summed E-state index contributed by atoms with van der Waals surface area (Å²) in [5.74, 6) is 1.38. The molecule has 0 atom stereocenters. The number of hydrogen-bond donors (Lipinski definition) is 2. The minimum Gasteiger partial charge on any atom is -0.508 e. The van der Waals surface area contributed by atoms with E-state index < -0.39 is 0 Å². The van der Waals surface area contributed by atoms with Crippen molar-refractivity contribution in [2.45, 2.75) is 32.7 Å². The van der Waals surface area contributed by atoms with Crippen molar-refractivity contribution in [1.29, 1.82) is 0 Å². The highest BCUT2D eigenvalue weighted by atomic mass is 16.3. The number of aromatic hydroxyl groups is 1. The first kappa shape index (κ1) is 10.5. The van der Waals surface area contributed by atoms with E-state index in [-0.39, 0.29) is 0 Å². The molecule has 15 heavy (non-hydrogen) atoms. The zero-order chi connectivity index (χ0) is 10.7. The van der Waals surface area contributed by atoms with Crippen molar-refractivity contribution in [2.24, 2.45) is 5.92 Å². The normalized spacial score (nSPS) is 15.5. The Balaban J connectivity index is 1.78. The molecular formula is C13H19NO. The molecule has 0 unspecified atom stereocenters. The summed E-state index contributed by atoms with van der Waals surface area (Å²) in [6, 6.07) is 5.75. The van der Waals surface area contributed by atoms with Crippen molar-refractivity contribution in [1.82, 2.24) is 5.32 Å². The molecule has 2 nitrogen and oxygen atoms in total. The first-order valence-electron chi connectivity index (χ1n) is 5.75. The van der Waals surface area contributed by atoms with Gasteiger partial charge in [0.2, 0.25) is 0 Å². The zero-order valence-electron chi connectivity index (χ0n) is 9.29. The van der Waals surface area contributed by atoms with E-state index in [1.807, 2.05) is 19.1 Å². The Kier molecular flexibility index (Phi) is 3.27.